The highest BCUT2D eigenvalue weighted by Gasteiger charge is 2.32. The van der Waals surface area contributed by atoms with Crippen LogP contribution >= 0.6 is 11.3 Å². The van der Waals surface area contributed by atoms with E-state index >= 15 is 0 Å². The number of hydrogen-bond acceptors (Lipinski definition) is 6. The normalized spacial score (nSPS) is 12.6. The number of alkyl halides is 3. The first kappa shape index (κ1) is 34.2. The van der Waals surface area contributed by atoms with Crippen molar-refractivity contribution < 1.29 is 22.7 Å². The maximum atomic E-state index is 14.3. The third-order valence-electron chi connectivity index (χ3n) is 7.91. The number of amides is 1. The second kappa shape index (κ2) is 13.0. The van der Waals surface area contributed by atoms with Crippen LogP contribution in [0.1, 0.15) is 60.3 Å². The van der Waals surface area contributed by atoms with Gasteiger partial charge in [0.25, 0.3) is 11.1 Å². The molecule has 0 aliphatic heterocycles. The summed E-state index contributed by atoms with van der Waals surface area (Å²) in [5, 5.41) is 10.9. The zero-order valence-corrected chi connectivity index (χ0v) is 28.5. The van der Waals surface area contributed by atoms with Crippen molar-refractivity contribution in [3.63, 3.8) is 0 Å². The molecule has 14 heteroatoms. The number of aromatic amines is 2. The predicted molar refractivity (Wildman–Crippen MR) is 186 cm³/mol. The summed E-state index contributed by atoms with van der Waals surface area (Å²) >= 11 is 1.14. The zero-order valence-electron chi connectivity index (χ0n) is 27.7. The minimum absolute atomic E-state index is 0.266. The maximum absolute atomic E-state index is 14.3. The lowest BCUT2D eigenvalue weighted by molar-refractivity contribution is -0.137. The molecule has 6 rings (SSSR count). The van der Waals surface area contributed by atoms with Gasteiger partial charge in [0.1, 0.15) is 5.60 Å². The first-order valence-corrected chi connectivity index (χ1v) is 16.4. The molecule has 3 heterocycles. The van der Waals surface area contributed by atoms with Crippen molar-refractivity contribution in [1.29, 1.82) is 0 Å². The second-order valence-corrected chi connectivity index (χ2v) is 13.5. The van der Waals surface area contributed by atoms with Gasteiger partial charge in [-0.05, 0) is 76.6 Å². The Morgan fingerprint density at radius 2 is 1.42 bits per heavy atom. The van der Waals surface area contributed by atoms with Crippen LogP contribution in [-0.4, -0.2) is 36.2 Å². The van der Waals surface area contributed by atoms with E-state index in [4.69, 9.17) is 4.74 Å². The zero-order chi connectivity index (χ0) is 36.0. The van der Waals surface area contributed by atoms with E-state index in [1.54, 1.807) is 76.4 Å². The van der Waals surface area contributed by atoms with Gasteiger partial charge in [-0.3, -0.25) is 25.1 Å². The number of carbonyl (C=O) groups excluding carboxylic acids is 1. The van der Waals surface area contributed by atoms with Crippen molar-refractivity contribution in [2.24, 2.45) is 0 Å². The van der Waals surface area contributed by atoms with E-state index in [0.29, 0.717) is 50.7 Å². The molecule has 0 fully saturated rings. The van der Waals surface area contributed by atoms with Crippen LogP contribution in [0.25, 0.3) is 22.1 Å². The van der Waals surface area contributed by atoms with E-state index in [-0.39, 0.29) is 10.7 Å². The highest BCUT2D eigenvalue weighted by atomic mass is 32.1. The third kappa shape index (κ3) is 6.92. The number of H-pyrrole nitrogens is 2. The maximum Gasteiger partial charge on any atom is 0.416 e. The molecule has 3 aromatic carbocycles. The smallest absolute Gasteiger partial charge is 0.416 e. The summed E-state index contributed by atoms with van der Waals surface area (Å²) in [6.07, 6.45) is -5.09. The Hall–Kier alpha value is -5.63. The number of hydrogen-bond donors (Lipinski definition) is 3. The molecule has 3 N–H and O–H groups in total. The minimum atomic E-state index is -4.47. The molecule has 0 saturated carbocycles. The van der Waals surface area contributed by atoms with Crippen molar-refractivity contribution in [2.75, 3.05) is 5.32 Å². The van der Waals surface area contributed by atoms with Crippen LogP contribution in [0.3, 0.4) is 0 Å². The van der Waals surface area contributed by atoms with Gasteiger partial charge in [-0.1, -0.05) is 42.5 Å². The average molecular weight is 703 g/mol. The van der Waals surface area contributed by atoms with Crippen LogP contribution in [-0.2, 0) is 10.9 Å². The number of nitrogens with zero attached hydrogens (tertiary/aromatic N) is 3. The van der Waals surface area contributed by atoms with Crippen molar-refractivity contribution >= 4 is 23.1 Å². The fourth-order valence-corrected chi connectivity index (χ4v) is 6.47. The number of ether oxygens (including phenoxy) is 1. The SMILES string of the molecule is Cc1[nH]n(-c2ccccc2)c(=O)c1C(c1ccc(NC(=O)OC(C)(C)C)cc1)c1c(C)[nH]n(-c2nc(-c3ccc(C(F)(F)F)cc3)cs2)c1=O. The van der Waals surface area contributed by atoms with E-state index < -0.39 is 34.9 Å². The number of carbonyl (C=O) groups is 1. The molecule has 1 unspecified atom stereocenters. The molecule has 0 aliphatic rings. The number of aryl methyl sites for hydroxylation is 2. The van der Waals surface area contributed by atoms with Crippen molar-refractivity contribution in [1.82, 2.24) is 24.5 Å². The summed E-state index contributed by atoms with van der Waals surface area (Å²) in [4.78, 5) is 45.4. The predicted octanol–water partition coefficient (Wildman–Crippen LogP) is 7.93. The standard InChI is InChI=1S/C36H33F3N6O4S/c1-20-28(31(46)44(42-20)26-9-7-6-8-10-26)30(23-13-17-25(18-14-23)40-34(48)49-35(3,4)5)29-21(2)43-45(32(29)47)33-41-27(19-50-33)22-11-15-24(16-12-22)36(37,38)39/h6-19,30,42-43H,1-5H3,(H,40,48). The van der Waals surface area contributed by atoms with E-state index in [2.05, 4.69) is 20.5 Å². The first-order valence-electron chi connectivity index (χ1n) is 15.5. The molecule has 0 spiro atoms. The molecule has 50 heavy (non-hydrogen) atoms. The number of aromatic nitrogens is 5. The summed E-state index contributed by atoms with van der Waals surface area (Å²) in [6.45, 7) is 8.76. The monoisotopic (exact) mass is 702 g/mol. The van der Waals surface area contributed by atoms with Gasteiger partial charge < -0.3 is 4.74 Å². The number of nitrogens with one attached hydrogen (secondary N) is 3. The Labute approximate surface area is 288 Å². The number of rotatable bonds is 7. The Kier molecular flexibility index (Phi) is 8.91. The molecular formula is C36H33F3N6O4S. The molecule has 258 valence electrons. The lowest BCUT2D eigenvalue weighted by Crippen LogP contribution is -2.27. The number of thiazole rings is 1. The van der Waals surface area contributed by atoms with E-state index in [1.807, 2.05) is 18.2 Å². The van der Waals surface area contributed by atoms with Gasteiger partial charge >= 0.3 is 12.3 Å². The van der Waals surface area contributed by atoms with Crippen LogP contribution in [0.5, 0.6) is 0 Å². The highest BCUT2D eigenvalue weighted by molar-refractivity contribution is 7.12. The minimum Gasteiger partial charge on any atom is -0.444 e. The third-order valence-corrected chi connectivity index (χ3v) is 8.73. The number of halogens is 3. The molecular weight excluding hydrogens is 669 g/mol. The molecule has 3 aromatic heterocycles. The highest BCUT2D eigenvalue weighted by Crippen LogP contribution is 2.34. The number of para-hydroxylation sites is 1. The Balaban J connectivity index is 1.43. The Morgan fingerprint density at radius 3 is 2.00 bits per heavy atom. The van der Waals surface area contributed by atoms with Crippen molar-refractivity contribution in [3.05, 3.63) is 139 Å². The van der Waals surface area contributed by atoms with Crippen LogP contribution in [0.2, 0.25) is 0 Å². The summed E-state index contributed by atoms with van der Waals surface area (Å²) in [7, 11) is 0. The quantitative estimate of drug-likeness (QED) is 0.156. The molecule has 0 aliphatic carbocycles. The summed E-state index contributed by atoms with van der Waals surface area (Å²) in [5.74, 6) is -0.848. The number of anilines is 1. The van der Waals surface area contributed by atoms with Crippen molar-refractivity contribution in [2.45, 2.75) is 52.3 Å². The van der Waals surface area contributed by atoms with E-state index in [0.717, 1.165) is 23.5 Å². The molecule has 10 nitrogen and oxygen atoms in total. The number of benzene rings is 3. The molecule has 1 amide bonds. The van der Waals surface area contributed by atoms with Crippen LogP contribution in [0.4, 0.5) is 23.7 Å². The lowest BCUT2D eigenvalue weighted by atomic mass is 9.85. The lowest BCUT2D eigenvalue weighted by Gasteiger charge is -2.20. The Bertz CT molecular complexity index is 2270. The first-order chi connectivity index (χ1) is 23.6. The van der Waals surface area contributed by atoms with Gasteiger partial charge in [-0.25, -0.2) is 14.5 Å². The molecule has 0 bridgehead atoms. The van der Waals surface area contributed by atoms with Crippen LogP contribution < -0.4 is 16.4 Å². The van der Waals surface area contributed by atoms with Gasteiger partial charge in [0.2, 0.25) is 5.13 Å². The van der Waals surface area contributed by atoms with Gasteiger partial charge in [-0.15, -0.1) is 11.3 Å². The fraction of sp³-hybridized carbons (Fsp3) is 0.222. The average Bonchev–Trinajstić information content (AvgIpc) is 3.74. The molecule has 1 atom stereocenters. The van der Waals surface area contributed by atoms with Crippen LogP contribution in [0.15, 0.2) is 93.8 Å². The van der Waals surface area contributed by atoms with Gasteiger partial charge in [0.05, 0.1) is 28.1 Å². The summed E-state index contributed by atoms with van der Waals surface area (Å²) < 4.78 is 47.4. The molecule has 6 aromatic rings. The van der Waals surface area contributed by atoms with E-state index in [1.165, 1.54) is 21.5 Å². The van der Waals surface area contributed by atoms with Gasteiger partial charge in [-0.2, -0.15) is 17.9 Å². The summed E-state index contributed by atoms with van der Waals surface area (Å²) in [5.41, 5.74) is 1.93. The Morgan fingerprint density at radius 1 is 0.840 bits per heavy atom. The van der Waals surface area contributed by atoms with Gasteiger partial charge in [0, 0.05) is 33.9 Å². The van der Waals surface area contributed by atoms with Crippen molar-refractivity contribution in [3.8, 4) is 22.1 Å². The van der Waals surface area contributed by atoms with Gasteiger partial charge in [0.15, 0.2) is 0 Å². The summed E-state index contributed by atoms with van der Waals surface area (Å²) in [6, 6.07) is 20.5. The fourth-order valence-electron chi connectivity index (χ4n) is 5.68. The second-order valence-electron chi connectivity index (χ2n) is 12.7. The van der Waals surface area contributed by atoms with Crippen LogP contribution in [0, 0.1) is 13.8 Å². The molecule has 0 saturated heterocycles. The molecule has 0 radical (unpaired) electrons. The largest absolute Gasteiger partial charge is 0.444 e. The topological polar surface area (TPSA) is 127 Å². The van der Waals surface area contributed by atoms with E-state index in [9.17, 15) is 27.6 Å².